The monoisotopic (exact) mass is 311 g/mol. The van der Waals surface area contributed by atoms with Crippen molar-refractivity contribution in [3.8, 4) is 11.5 Å². The van der Waals surface area contributed by atoms with Crippen LogP contribution in [0.15, 0.2) is 42.5 Å². The second-order valence-corrected chi connectivity index (χ2v) is 5.79. The fraction of sp³-hybridized carbons (Fsp3) is 0.316. The highest BCUT2D eigenvalue weighted by molar-refractivity contribution is 5.80. The Bertz CT molecular complexity index is 712. The lowest BCUT2D eigenvalue weighted by Gasteiger charge is -2.26. The molecule has 0 aromatic heterocycles. The van der Waals surface area contributed by atoms with Crippen molar-refractivity contribution in [2.24, 2.45) is 0 Å². The second kappa shape index (κ2) is 6.73. The quantitative estimate of drug-likeness (QED) is 0.943. The van der Waals surface area contributed by atoms with Crippen molar-refractivity contribution in [2.75, 3.05) is 13.7 Å². The lowest BCUT2D eigenvalue weighted by molar-refractivity contribution is -0.121. The van der Waals surface area contributed by atoms with Crippen molar-refractivity contribution < 1.29 is 14.3 Å². The minimum atomic E-state index is -0.00407. The molecule has 0 fully saturated rings. The number of para-hydroxylation sites is 1. The summed E-state index contributed by atoms with van der Waals surface area (Å²) >= 11 is 0. The summed E-state index contributed by atoms with van der Waals surface area (Å²) in [5, 5.41) is 3.12. The van der Waals surface area contributed by atoms with Gasteiger partial charge < -0.3 is 14.8 Å². The molecule has 1 aliphatic rings. The van der Waals surface area contributed by atoms with E-state index < -0.39 is 0 Å². The van der Waals surface area contributed by atoms with Gasteiger partial charge in [-0.1, -0.05) is 35.9 Å². The number of amides is 1. The number of methoxy groups -OCH3 is 1. The Balaban J connectivity index is 1.73. The third kappa shape index (κ3) is 3.47. The first kappa shape index (κ1) is 15.4. The molecule has 0 spiro atoms. The van der Waals surface area contributed by atoms with E-state index in [4.69, 9.17) is 9.47 Å². The van der Waals surface area contributed by atoms with Crippen LogP contribution in [0.2, 0.25) is 0 Å². The molecule has 4 heteroatoms. The summed E-state index contributed by atoms with van der Waals surface area (Å²) in [7, 11) is 1.63. The third-order valence-electron chi connectivity index (χ3n) is 4.08. The summed E-state index contributed by atoms with van der Waals surface area (Å²) in [4.78, 5) is 12.5. The van der Waals surface area contributed by atoms with Crippen molar-refractivity contribution in [2.45, 2.75) is 25.8 Å². The molecule has 0 saturated heterocycles. The number of aryl methyl sites for hydroxylation is 1. The van der Waals surface area contributed by atoms with Gasteiger partial charge in [-0.15, -0.1) is 0 Å². The van der Waals surface area contributed by atoms with Crippen LogP contribution in [0.3, 0.4) is 0 Å². The van der Waals surface area contributed by atoms with Crippen LogP contribution in [-0.2, 0) is 11.2 Å². The molecule has 1 amide bonds. The zero-order valence-corrected chi connectivity index (χ0v) is 13.5. The molecule has 0 saturated carbocycles. The lowest BCUT2D eigenvalue weighted by atomic mass is 10.00. The van der Waals surface area contributed by atoms with Crippen LogP contribution >= 0.6 is 0 Å². The van der Waals surface area contributed by atoms with Crippen molar-refractivity contribution in [1.82, 2.24) is 5.32 Å². The second-order valence-electron chi connectivity index (χ2n) is 5.79. The van der Waals surface area contributed by atoms with E-state index in [9.17, 15) is 4.79 Å². The van der Waals surface area contributed by atoms with Gasteiger partial charge in [0.15, 0.2) is 0 Å². The van der Waals surface area contributed by atoms with Gasteiger partial charge in [0.2, 0.25) is 5.91 Å². The van der Waals surface area contributed by atoms with Crippen LogP contribution in [-0.4, -0.2) is 19.6 Å². The Kier molecular flexibility index (Phi) is 4.51. The minimum Gasteiger partial charge on any atom is -0.496 e. The van der Waals surface area contributed by atoms with Crippen LogP contribution < -0.4 is 14.8 Å². The van der Waals surface area contributed by atoms with Crippen LogP contribution in [0.1, 0.15) is 29.2 Å². The molecule has 1 aliphatic heterocycles. The van der Waals surface area contributed by atoms with Crippen molar-refractivity contribution in [3.05, 3.63) is 59.2 Å². The Morgan fingerprint density at radius 3 is 2.96 bits per heavy atom. The van der Waals surface area contributed by atoms with E-state index in [2.05, 4.69) is 5.32 Å². The first-order valence-electron chi connectivity index (χ1n) is 7.82. The minimum absolute atomic E-state index is 0.00301. The Morgan fingerprint density at radius 1 is 1.30 bits per heavy atom. The highest BCUT2D eigenvalue weighted by atomic mass is 16.5. The largest absolute Gasteiger partial charge is 0.496 e. The summed E-state index contributed by atoms with van der Waals surface area (Å²) in [6.07, 6.45) is 1.10. The molecule has 0 bridgehead atoms. The van der Waals surface area contributed by atoms with Gasteiger partial charge in [0.1, 0.15) is 11.5 Å². The average Bonchev–Trinajstić information content (AvgIpc) is 2.55. The Morgan fingerprint density at radius 2 is 2.13 bits per heavy atom. The maximum Gasteiger partial charge on any atom is 0.225 e. The number of hydrogen-bond acceptors (Lipinski definition) is 3. The Hall–Kier alpha value is -2.49. The summed E-state index contributed by atoms with van der Waals surface area (Å²) in [5.41, 5.74) is 3.07. The number of ether oxygens (including phenoxy) is 2. The van der Waals surface area contributed by atoms with Crippen molar-refractivity contribution >= 4 is 5.91 Å². The van der Waals surface area contributed by atoms with Gasteiger partial charge >= 0.3 is 0 Å². The standard InChI is InChI=1S/C19H21NO3/c1-13-7-8-17(22-2)14(11-13)12-19(21)20-16-9-10-23-18-6-4-3-5-15(16)18/h3-8,11,16H,9-10,12H2,1-2H3,(H,20,21)/t16-/m1/s1. The van der Waals surface area contributed by atoms with Crippen LogP contribution in [0, 0.1) is 6.92 Å². The van der Waals surface area contributed by atoms with E-state index in [1.807, 2.05) is 49.4 Å². The third-order valence-corrected chi connectivity index (χ3v) is 4.08. The maximum absolute atomic E-state index is 12.5. The molecular formula is C19H21NO3. The van der Waals surface area contributed by atoms with Gasteiger partial charge in [0.05, 0.1) is 26.2 Å². The molecule has 3 rings (SSSR count). The van der Waals surface area contributed by atoms with Gasteiger partial charge in [0, 0.05) is 17.5 Å². The smallest absolute Gasteiger partial charge is 0.225 e. The van der Waals surface area contributed by atoms with Crippen LogP contribution in [0.4, 0.5) is 0 Å². The molecule has 1 heterocycles. The summed E-state index contributed by atoms with van der Waals surface area (Å²) in [5.74, 6) is 1.60. The fourth-order valence-corrected chi connectivity index (χ4v) is 2.96. The summed E-state index contributed by atoms with van der Waals surface area (Å²) in [6.45, 7) is 2.63. The maximum atomic E-state index is 12.5. The Labute approximate surface area is 136 Å². The molecule has 120 valence electrons. The number of nitrogens with one attached hydrogen (secondary N) is 1. The molecule has 4 nitrogen and oxygen atoms in total. The molecule has 2 aromatic rings. The first-order valence-corrected chi connectivity index (χ1v) is 7.82. The number of carbonyl (C=O) groups excluding carboxylic acids is 1. The number of rotatable bonds is 4. The zero-order chi connectivity index (χ0) is 16.2. The predicted molar refractivity (Wildman–Crippen MR) is 88.9 cm³/mol. The van der Waals surface area contributed by atoms with E-state index in [-0.39, 0.29) is 11.9 Å². The fourth-order valence-electron chi connectivity index (χ4n) is 2.96. The zero-order valence-electron chi connectivity index (χ0n) is 13.5. The number of hydrogen-bond donors (Lipinski definition) is 1. The SMILES string of the molecule is COc1ccc(C)cc1CC(=O)N[C@@H]1CCOc2ccccc21. The molecule has 2 aromatic carbocycles. The first-order chi connectivity index (χ1) is 11.2. The van der Waals surface area contributed by atoms with E-state index in [1.54, 1.807) is 7.11 Å². The molecule has 0 radical (unpaired) electrons. The topological polar surface area (TPSA) is 47.6 Å². The van der Waals surface area contributed by atoms with Gasteiger partial charge in [0.25, 0.3) is 0 Å². The molecule has 1 atom stereocenters. The predicted octanol–water partition coefficient (Wildman–Crippen LogP) is 3.19. The van der Waals surface area contributed by atoms with Gasteiger partial charge in [-0.25, -0.2) is 0 Å². The van der Waals surface area contributed by atoms with Crippen molar-refractivity contribution in [3.63, 3.8) is 0 Å². The normalized spacial score (nSPS) is 16.2. The van der Waals surface area contributed by atoms with E-state index >= 15 is 0 Å². The molecule has 23 heavy (non-hydrogen) atoms. The highest BCUT2D eigenvalue weighted by Crippen LogP contribution is 2.31. The molecule has 1 N–H and O–H groups in total. The highest BCUT2D eigenvalue weighted by Gasteiger charge is 2.23. The average molecular weight is 311 g/mol. The molecule has 0 aliphatic carbocycles. The number of fused-ring (bicyclic) bond motifs is 1. The molecular weight excluding hydrogens is 290 g/mol. The summed E-state index contributed by atoms with van der Waals surface area (Å²) < 4.78 is 11.0. The number of benzene rings is 2. The van der Waals surface area contributed by atoms with E-state index in [1.165, 1.54) is 0 Å². The van der Waals surface area contributed by atoms with Crippen LogP contribution in [0.5, 0.6) is 11.5 Å². The van der Waals surface area contributed by atoms with E-state index in [0.29, 0.717) is 13.0 Å². The van der Waals surface area contributed by atoms with Crippen LogP contribution in [0.25, 0.3) is 0 Å². The molecule has 0 unspecified atom stereocenters. The van der Waals surface area contributed by atoms with Crippen molar-refractivity contribution in [1.29, 1.82) is 0 Å². The van der Waals surface area contributed by atoms with Gasteiger partial charge in [-0.3, -0.25) is 4.79 Å². The van der Waals surface area contributed by atoms with E-state index in [0.717, 1.165) is 34.6 Å². The summed E-state index contributed by atoms with van der Waals surface area (Å²) in [6, 6.07) is 13.7. The van der Waals surface area contributed by atoms with Gasteiger partial charge in [-0.2, -0.15) is 0 Å². The lowest BCUT2D eigenvalue weighted by Crippen LogP contribution is -2.33. The number of carbonyl (C=O) groups is 1. The van der Waals surface area contributed by atoms with Gasteiger partial charge in [-0.05, 0) is 19.1 Å².